The molecule has 28 heavy (non-hydrogen) atoms. The lowest BCUT2D eigenvalue weighted by molar-refractivity contribution is -0.121. The lowest BCUT2D eigenvalue weighted by Gasteiger charge is -2.15. The minimum absolute atomic E-state index is 0.00800. The predicted octanol–water partition coefficient (Wildman–Crippen LogP) is 4.36. The molecule has 1 amide bonds. The van der Waals surface area contributed by atoms with Crippen LogP contribution in [0.3, 0.4) is 0 Å². The van der Waals surface area contributed by atoms with E-state index in [2.05, 4.69) is 10.6 Å². The molecule has 0 aliphatic rings. The number of aryl methyl sites for hydroxylation is 1. The number of thiocarbonyl (C=S) groups is 1. The summed E-state index contributed by atoms with van der Waals surface area (Å²) in [6.07, 6.45) is 0. The van der Waals surface area contributed by atoms with E-state index in [4.69, 9.17) is 33.7 Å². The van der Waals surface area contributed by atoms with E-state index in [1.54, 1.807) is 0 Å². The molecular formula is C20H21ClN2O4S. The molecule has 8 heteroatoms. The second kappa shape index (κ2) is 9.52. The average molecular weight is 421 g/mol. The van der Waals surface area contributed by atoms with Gasteiger partial charge in [-0.1, -0.05) is 37.6 Å². The van der Waals surface area contributed by atoms with Gasteiger partial charge in [0.05, 0.1) is 16.3 Å². The Hall–Kier alpha value is -2.64. The van der Waals surface area contributed by atoms with Crippen LogP contribution in [0.4, 0.5) is 5.69 Å². The number of benzene rings is 2. The average Bonchev–Trinajstić information content (AvgIpc) is 2.61. The molecule has 3 N–H and O–H groups in total. The Labute approximate surface area is 173 Å². The van der Waals surface area contributed by atoms with E-state index in [9.17, 15) is 9.59 Å². The van der Waals surface area contributed by atoms with Crippen LogP contribution >= 0.6 is 23.8 Å². The van der Waals surface area contributed by atoms with E-state index in [1.807, 2.05) is 39.0 Å². The third-order valence-corrected chi connectivity index (χ3v) is 4.40. The van der Waals surface area contributed by atoms with E-state index in [0.717, 1.165) is 11.1 Å². The van der Waals surface area contributed by atoms with Crippen molar-refractivity contribution in [2.45, 2.75) is 26.7 Å². The van der Waals surface area contributed by atoms with Crippen LogP contribution < -0.4 is 15.4 Å². The van der Waals surface area contributed by atoms with E-state index in [1.165, 1.54) is 18.2 Å². The Morgan fingerprint density at radius 1 is 1.21 bits per heavy atom. The second-order valence-electron chi connectivity index (χ2n) is 6.49. The van der Waals surface area contributed by atoms with Gasteiger partial charge in [0.2, 0.25) is 0 Å². The molecule has 2 aromatic carbocycles. The minimum Gasteiger partial charge on any atom is -0.483 e. The fraction of sp³-hybridized carbons (Fsp3) is 0.250. The second-order valence-corrected chi connectivity index (χ2v) is 7.30. The summed E-state index contributed by atoms with van der Waals surface area (Å²) >= 11 is 11.1. The number of halogens is 1. The number of carboxylic acids is 1. The van der Waals surface area contributed by atoms with Crippen molar-refractivity contribution >= 4 is 46.5 Å². The van der Waals surface area contributed by atoms with Gasteiger partial charge < -0.3 is 15.2 Å². The van der Waals surface area contributed by atoms with Crippen molar-refractivity contribution in [1.29, 1.82) is 0 Å². The highest BCUT2D eigenvalue weighted by molar-refractivity contribution is 7.80. The standard InChI is InChI=1S/C20H21ClN2O4S/c1-11(2)14-6-4-12(3)8-17(14)27-10-18(24)23-20(28)22-16-9-13(19(25)26)5-7-15(16)21/h4-9,11H,10H2,1-3H3,(H,25,26)(H2,22,23,24,28). The van der Waals surface area contributed by atoms with Gasteiger partial charge in [0.25, 0.3) is 5.91 Å². The van der Waals surface area contributed by atoms with Crippen LogP contribution in [0.15, 0.2) is 36.4 Å². The zero-order chi connectivity index (χ0) is 20.8. The monoisotopic (exact) mass is 420 g/mol. The zero-order valence-electron chi connectivity index (χ0n) is 15.7. The maximum atomic E-state index is 12.2. The first-order chi connectivity index (χ1) is 13.2. The smallest absolute Gasteiger partial charge is 0.335 e. The fourth-order valence-corrected chi connectivity index (χ4v) is 2.85. The molecule has 0 aromatic heterocycles. The summed E-state index contributed by atoms with van der Waals surface area (Å²) in [5.74, 6) is -0.632. The number of carbonyl (C=O) groups is 2. The molecule has 0 atom stereocenters. The maximum Gasteiger partial charge on any atom is 0.335 e. The van der Waals surface area contributed by atoms with Gasteiger partial charge in [-0.05, 0) is 60.5 Å². The summed E-state index contributed by atoms with van der Waals surface area (Å²) in [6, 6.07) is 10.0. The van der Waals surface area contributed by atoms with Crippen LogP contribution in [0.25, 0.3) is 0 Å². The van der Waals surface area contributed by atoms with Crippen molar-refractivity contribution < 1.29 is 19.4 Å². The largest absolute Gasteiger partial charge is 0.483 e. The van der Waals surface area contributed by atoms with E-state index in [-0.39, 0.29) is 33.9 Å². The first-order valence-electron chi connectivity index (χ1n) is 8.54. The topological polar surface area (TPSA) is 87.7 Å². The number of rotatable bonds is 6. The summed E-state index contributed by atoms with van der Waals surface area (Å²) in [6.45, 7) is 5.83. The number of carbonyl (C=O) groups excluding carboxylic acids is 1. The van der Waals surface area contributed by atoms with Crippen LogP contribution in [0, 0.1) is 6.92 Å². The maximum absolute atomic E-state index is 12.2. The van der Waals surface area contributed by atoms with Gasteiger partial charge in [0.15, 0.2) is 11.7 Å². The summed E-state index contributed by atoms with van der Waals surface area (Å²) in [5, 5.41) is 14.5. The van der Waals surface area contributed by atoms with Crippen molar-refractivity contribution in [3.63, 3.8) is 0 Å². The normalized spacial score (nSPS) is 10.5. The lowest BCUT2D eigenvalue weighted by Crippen LogP contribution is -2.37. The molecule has 0 unspecified atom stereocenters. The van der Waals surface area contributed by atoms with Crippen LogP contribution in [-0.2, 0) is 4.79 Å². The minimum atomic E-state index is -1.10. The molecule has 0 saturated heterocycles. The van der Waals surface area contributed by atoms with Gasteiger partial charge in [-0.25, -0.2) is 4.79 Å². The number of hydrogen-bond donors (Lipinski definition) is 3. The highest BCUT2D eigenvalue weighted by Gasteiger charge is 2.13. The third kappa shape index (κ3) is 5.94. The van der Waals surface area contributed by atoms with Gasteiger partial charge in [-0.15, -0.1) is 0 Å². The molecule has 0 aliphatic carbocycles. The van der Waals surface area contributed by atoms with Crippen molar-refractivity contribution in [2.24, 2.45) is 0 Å². The summed E-state index contributed by atoms with van der Waals surface area (Å²) in [7, 11) is 0. The number of carboxylic acid groups (broad SMARTS) is 1. The quantitative estimate of drug-likeness (QED) is 0.602. The van der Waals surface area contributed by atoms with Gasteiger partial charge in [0, 0.05) is 0 Å². The number of nitrogens with one attached hydrogen (secondary N) is 2. The lowest BCUT2D eigenvalue weighted by atomic mass is 10.0. The van der Waals surface area contributed by atoms with Gasteiger partial charge in [-0.3, -0.25) is 10.1 Å². The molecule has 0 heterocycles. The molecule has 0 spiro atoms. The predicted molar refractivity (Wildman–Crippen MR) is 114 cm³/mol. The zero-order valence-corrected chi connectivity index (χ0v) is 17.3. The molecular weight excluding hydrogens is 400 g/mol. The first-order valence-corrected chi connectivity index (χ1v) is 9.33. The summed E-state index contributed by atoms with van der Waals surface area (Å²) in [5.41, 5.74) is 2.37. The molecule has 0 aliphatic heterocycles. The molecule has 0 saturated carbocycles. The highest BCUT2D eigenvalue weighted by Crippen LogP contribution is 2.27. The van der Waals surface area contributed by atoms with Crippen molar-refractivity contribution in [2.75, 3.05) is 11.9 Å². The van der Waals surface area contributed by atoms with Crippen LogP contribution in [0.2, 0.25) is 5.02 Å². The molecule has 148 valence electrons. The van der Waals surface area contributed by atoms with Gasteiger partial charge >= 0.3 is 5.97 Å². The molecule has 0 radical (unpaired) electrons. The molecule has 2 rings (SSSR count). The Kier molecular flexibility index (Phi) is 7.37. The van der Waals surface area contributed by atoms with Crippen LogP contribution in [0.1, 0.15) is 41.3 Å². The molecule has 6 nitrogen and oxygen atoms in total. The number of hydrogen-bond acceptors (Lipinski definition) is 4. The van der Waals surface area contributed by atoms with Crippen LogP contribution in [0.5, 0.6) is 5.75 Å². The van der Waals surface area contributed by atoms with Gasteiger partial charge in [0.1, 0.15) is 5.75 Å². The third-order valence-electron chi connectivity index (χ3n) is 3.86. The van der Waals surface area contributed by atoms with E-state index in [0.29, 0.717) is 5.75 Å². The highest BCUT2D eigenvalue weighted by atomic mass is 35.5. The van der Waals surface area contributed by atoms with E-state index >= 15 is 0 Å². The number of aromatic carboxylic acids is 1. The van der Waals surface area contributed by atoms with Crippen LogP contribution in [-0.4, -0.2) is 28.7 Å². The Morgan fingerprint density at radius 3 is 2.57 bits per heavy atom. The van der Waals surface area contributed by atoms with Crippen molar-refractivity contribution in [3.8, 4) is 5.75 Å². The van der Waals surface area contributed by atoms with E-state index < -0.39 is 11.9 Å². The summed E-state index contributed by atoms with van der Waals surface area (Å²) < 4.78 is 5.66. The van der Waals surface area contributed by atoms with Crippen molar-refractivity contribution in [1.82, 2.24) is 5.32 Å². The molecule has 0 fully saturated rings. The number of ether oxygens (including phenoxy) is 1. The summed E-state index contributed by atoms with van der Waals surface area (Å²) in [4.78, 5) is 23.2. The Balaban J connectivity index is 1.97. The molecule has 2 aromatic rings. The van der Waals surface area contributed by atoms with Gasteiger partial charge in [-0.2, -0.15) is 0 Å². The molecule has 0 bridgehead atoms. The Bertz CT molecular complexity index is 915. The number of amides is 1. The fourth-order valence-electron chi connectivity index (χ4n) is 2.46. The first kappa shape index (κ1) is 21.7. The number of anilines is 1. The SMILES string of the molecule is Cc1ccc(C(C)C)c(OCC(=O)NC(=S)Nc2cc(C(=O)O)ccc2Cl)c1. The Morgan fingerprint density at radius 2 is 1.93 bits per heavy atom. The van der Waals surface area contributed by atoms with Crippen molar-refractivity contribution in [3.05, 3.63) is 58.1 Å².